The van der Waals surface area contributed by atoms with Crippen molar-refractivity contribution < 1.29 is 9.21 Å². The normalized spacial score (nSPS) is 17.1. The fraction of sp³-hybridized carbons (Fsp3) is 0.179. The van der Waals surface area contributed by atoms with Crippen LogP contribution in [0.25, 0.3) is 11.3 Å². The quantitative estimate of drug-likeness (QED) is 0.223. The van der Waals surface area contributed by atoms with Gasteiger partial charge in [-0.3, -0.25) is 9.78 Å². The van der Waals surface area contributed by atoms with E-state index in [1.165, 1.54) is 0 Å². The number of anilines is 2. The first kappa shape index (κ1) is 26.5. The molecule has 2 aromatic heterocycles. The molecule has 0 radical (unpaired) electrons. The number of thiocarbonyl (C=S) groups is 1. The number of amides is 1. The highest BCUT2D eigenvalue weighted by Gasteiger charge is 2.42. The van der Waals surface area contributed by atoms with Crippen LogP contribution in [0.1, 0.15) is 37.4 Å². The summed E-state index contributed by atoms with van der Waals surface area (Å²) in [6, 6.07) is 19.5. The Hall–Kier alpha value is -3.10. The monoisotopic (exact) mass is 584 g/mol. The molecule has 4 aromatic rings. The molecule has 1 aliphatic heterocycles. The van der Waals surface area contributed by atoms with E-state index in [0.717, 1.165) is 16.9 Å². The van der Waals surface area contributed by atoms with Crippen molar-refractivity contribution in [3.05, 3.63) is 99.4 Å². The molecular weight excluding hydrogens is 563 g/mol. The highest BCUT2D eigenvalue weighted by Crippen LogP contribution is 2.44. The number of furan rings is 1. The molecule has 2 N–H and O–H groups in total. The van der Waals surface area contributed by atoms with E-state index in [-0.39, 0.29) is 23.9 Å². The molecule has 2 unspecified atom stereocenters. The molecule has 6 nitrogen and oxygen atoms in total. The van der Waals surface area contributed by atoms with E-state index in [1.54, 1.807) is 30.5 Å². The summed E-state index contributed by atoms with van der Waals surface area (Å²) in [6.07, 6.45) is 1.74. The first-order chi connectivity index (χ1) is 18.2. The summed E-state index contributed by atoms with van der Waals surface area (Å²) >= 11 is 24.9. The van der Waals surface area contributed by atoms with Crippen molar-refractivity contribution in [2.75, 3.05) is 10.2 Å². The zero-order chi connectivity index (χ0) is 27.0. The first-order valence-electron chi connectivity index (χ1n) is 11.9. The van der Waals surface area contributed by atoms with Crippen LogP contribution in [-0.4, -0.2) is 16.0 Å². The van der Waals surface area contributed by atoms with Crippen molar-refractivity contribution in [2.24, 2.45) is 5.92 Å². The minimum atomic E-state index is -0.385. The summed E-state index contributed by atoms with van der Waals surface area (Å²) in [7, 11) is 0. The third-order valence-corrected chi connectivity index (χ3v) is 7.40. The Morgan fingerprint density at radius 1 is 1.05 bits per heavy atom. The maximum absolute atomic E-state index is 12.2. The molecule has 38 heavy (non-hydrogen) atoms. The average molecular weight is 586 g/mol. The van der Waals surface area contributed by atoms with Gasteiger partial charge in [-0.15, -0.1) is 0 Å². The Morgan fingerprint density at radius 2 is 1.87 bits per heavy atom. The van der Waals surface area contributed by atoms with Gasteiger partial charge < -0.3 is 20.0 Å². The van der Waals surface area contributed by atoms with E-state index >= 15 is 0 Å². The highest BCUT2D eigenvalue weighted by atomic mass is 35.5. The molecule has 2 aromatic carbocycles. The summed E-state index contributed by atoms with van der Waals surface area (Å²) in [5.74, 6) is 0.966. The van der Waals surface area contributed by atoms with Crippen LogP contribution in [0.2, 0.25) is 15.1 Å². The summed E-state index contributed by atoms with van der Waals surface area (Å²) < 4.78 is 6.37. The molecule has 1 amide bonds. The number of aromatic nitrogens is 1. The number of carbonyl (C=O) groups excluding carboxylic acids is 1. The third-order valence-electron chi connectivity index (χ3n) is 6.23. The van der Waals surface area contributed by atoms with Gasteiger partial charge in [-0.05, 0) is 72.9 Å². The number of hydrogen-bond donors (Lipinski definition) is 2. The molecule has 2 atom stereocenters. The van der Waals surface area contributed by atoms with Crippen LogP contribution in [-0.2, 0) is 4.79 Å². The molecule has 0 spiro atoms. The lowest BCUT2D eigenvalue weighted by Crippen LogP contribution is -2.29. The SMILES string of the molecule is CC(C)C(=O)Nc1ccc(N2C(=S)NC(c3ccccn3)C2c2ccc(-c3ccc(Cl)cc3Cl)o2)cc1Cl. The zero-order valence-corrected chi connectivity index (χ0v) is 23.5. The van der Waals surface area contributed by atoms with Gasteiger partial charge in [-0.25, -0.2) is 0 Å². The van der Waals surface area contributed by atoms with E-state index in [2.05, 4.69) is 15.6 Å². The van der Waals surface area contributed by atoms with E-state index in [4.69, 9.17) is 51.4 Å². The number of halogens is 3. The van der Waals surface area contributed by atoms with Gasteiger partial charge in [0.05, 0.1) is 27.5 Å². The lowest BCUT2D eigenvalue weighted by Gasteiger charge is -2.26. The maximum atomic E-state index is 12.2. The molecule has 0 aliphatic carbocycles. The van der Waals surface area contributed by atoms with Crippen LogP contribution in [0, 0.1) is 5.92 Å². The van der Waals surface area contributed by atoms with Gasteiger partial charge in [0.25, 0.3) is 0 Å². The Kier molecular flexibility index (Phi) is 7.63. The summed E-state index contributed by atoms with van der Waals surface area (Å²) in [5.41, 5.74) is 2.80. The van der Waals surface area contributed by atoms with Gasteiger partial charge in [0.15, 0.2) is 5.11 Å². The predicted molar refractivity (Wildman–Crippen MR) is 157 cm³/mol. The fourth-order valence-electron chi connectivity index (χ4n) is 4.30. The summed E-state index contributed by atoms with van der Waals surface area (Å²) in [5, 5.41) is 8.17. The number of carbonyl (C=O) groups is 1. The fourth-order valence-corrected chi connectivity index (χ4v) is 5.37. The molecular formula is C28H23Cl3N4O2S. The zero-order valence-electron chi connectivity index (χ0n) is 20.4. The van der Waals surface area contributed by atoms with Gasteiger partial charge in [-0.2, -0.15) is 0 Å². The number of benzene rings is 2. The number of nitrogens with zero attached hydrogens (tertiary/aromatic N) is 2. The highest BCUT2D eigenvalue weighted by molar-refractivity contribution is 7.80. The van der Waals surface area contributed by atoms with Gasteiger partial charge in [0.2, 0.25) is 5.91 Å². The Morgan fingerprint density at radius 3 is 2.55 bits per heavy atom. The Bertz CT molecular complexity index is 1510. The summed E-state index contributed by atoms with van der Waals surface area (Å²) in [4.78, 5) is 18.7. The topological polar surface area (TPSA) is 70.4 Å². The second-order valence-electron chi connectivity index (χ2n) is 9.13. The molecule has 5 rings (SSSR count). The van der Waals surface area contributed by atoms with E-state index < -0.39 is 0 Å². The summed E-state index contributed by atoms with van der Waals surface area (Å²) in [6.45, 7) is 3.65. The van der Waals surface area contributed by atoms with Gasteiger partial charge in [0, 0.05) is 28.4 Å². The van der Waals surface area contributed by atoms with Crippen molar-refractivity contribution in [3.63, 3.8) is 0 Å². The second-order valence-corrected chi connectivity index (χ2v) is 10.8. The van der Waals surface area contributed by atoms with Crippen LogP contribution in [0.3, 0.4) is 0 Å². The van der Waals surface area contributed by atoms with Crippen LogP contribution >= 0.6 is 47.0 Å². The third kappa shape index (κ3) is 5.24. The molecule has 0 saturated carbocycles. The van der Waals surface area contributed by atoms with Crippen molar-refractivity contribution >= 4 is 69.4 Å². The second kappa shape index (κ2) is 10.9. The standard InChI is InChI=1S/C28H23Cl3N4O2S/c1-15(2)27(36)33-21-9-7-17(14-20(21)31)35-26(25(34-28(35)38)22-5-3-4-12-32-22)24-11-10-23(37-24)18-8-6-16(29)13-19(18)30/h3-15,25-26H,1-2H3,(H,33,36)(H,34,38). The number of rotatable bonds is 6. The molecule has 1 aliphatic rings. The van der Waals surface area contributed by atoms with E-state index in [0.29, 0.717) is 37.4 Å². The van der Waals surface area contributed by atoms with Crippen LogP contribution < -0.4 is 15.5 Å². The molecule has 0 bridgehead atoms. The number of hydrogen-bond acceptors (Lipinski definition) is 4. The van der Waals surface area contributed by atoms with E-state index in [1.807, 2.05) is 61.2 Å². The van der Waals surface area contributed by atoms with Crippen LogP contribution in [0.5, 0.6) is 0 Å². The largest absolute Gasteiger partial charge is 0.459 e. The molecule has 194 valence electrons. The van der Waals surface area contributed by atoms with Crippen molar-refractivity contribution in [1.82, 2.24) is 10.3 Å². The van der Waals surface area contributed by atoms with E-state index in [9.17, 15) is 4.79 Å². The smallest absolute Gasteiger partial charge is 0.226 e. The lowest BCUT2D eigenvalue weighted by atomic mass is 10.0. The molecule has 10 heteroatoms. The minimum Gasteiger partial charge on any atom is -0.459 e. The van der Waals surface area contributed by atoms with Crippen LogP contribution in [0.15, 0.2) is 77.3 Å². The number of nitrogens with one attached hydrogen (secondary N) is 2. The Balaban J connectivity index is 1.56. The van der Waals surface area contributed by atoms with Crippen molar-refractivity contribution in [2.45, 2.75) is 25.9 Å². The van der Waals surface area contributed by atoms with Gasteiger partial charge >= 0.3 is 0 Å². The molecule has 3 heterocycles. The maximum Gasteiger partial charge on any atom is 0.226 e. The molecule has 1 saturated heterocycles. The van der Waals surface area contributed by atoms with Gasteiger partial charge in [-0.1, -0.05) is 54.7 Å². The predicted octanol–water partition coefficient (Wildman–Crippen LogP) is 8.07. The van der Waals surface area contributed by atoms with Gasteiger partial charge in [0.1, 0.15) is 17.6 Å². The first-order valence-corrected chi connectivity index (χ1v) is 13.4. The number of pyridine rings is 1. The van der Waals surface area contributed by atoms with Crippen LogP contribution in [0.4, 0.5) is 11.4 Å². The minimum absolute atomic E-state index is 0.116. The average Bonchev–Trinajstić information content (AvgIpc) is 3.50. The van der Waals surface area contributed by atoms with Crippen molar-refractivity contribution in [1.29, 1.82) is 0 Å². The van der Waals surface area contributed by atoms with Crippen molar-refractivity contribution in [3.8, 4) is 11.3 Å². The Labute approximate surface area is 240 Å². The lowest BCUT2D eigenvalue weighted by molar-refractivity contribution is -0.118. The molecule has 1 fully saturated rings.